The summed E-state index contributed by atoms with van der Waals surface area (Å²) in [5, 5.41) is 8.86. The molecule has 0 saturated carbocycles. The summed E-state index contributed by atoms with van der Waals surface area (Å²) in [4.78, 5) is 1.82. The van der Waals surface area contributed by atoms with Crippen molar-refractivity contribution in [2.75, 3.05) is 13.1 Å². The molecule has 23 heavy (non-hydrogen) atoms. The van der Waals surface area contributed by atoms with Crippen molar-refractivity contribution in [3.05, 3.63) is 23.8 Å². The van der Waals surface area contributed by atoms with Crippen LogP contribution in [0.3, 0.4) is 0 Å². The molecule has 1 N–H and O–H groups in total. The van der Waals surface area contributed by atoms with E-state index in [1.165, 1.54) is 0 Å². The van der Waals surface area contributed by atoms with Crippen LogP contribution in [0.15, 0.2) is 23.1 Å². The zero-order valence-corrected chi connectivity index (χ0v) is 14.2. The van der Waals surface area contributed by atoms with Gasteiger partial charge in [-0.05, 0) is 56.9 Å². The molecule has 0 amide bonds. The lowest BCUT2D eigenvalue weighted by Crippen LogP contribution is -2.36. The minimum atomic E-state index is -3.58. The van der Waals surface area contributed by atoms with Gasteiger partial charge in [0.25, 0.3) is 0 Å². The highest BCUT2D eigenvalue weighted by Crippen LogP contribution is 2.34. The smallest absolute Gasteiger partial charge is 0.240 e. The number of nitriles is 1. The van der Waals surface area contributed by atoms with Gasteiger partial charge in [0, 0.05) is 19.1 Å². The highest BCUT2D eigenvalue weighted by Gasteiger charge is 2.30. The molecule has 0 spiro atoms. The Balaban J connectivity index is 1.78. The van der Waals surface area contributed by atoms with E-state index in [0.717, 1.165) is 24.2 Å². The third-order valence-corrected chi connectivity index (χ3v) is 5.89. The molecule has 1 fully saturated rings. The minimum absolute atomic E-state index is 0.212. The summed E-state index contributed by atoms with van der Waals surface area (Å²) >= 11 is 0. The average Bonchev–Trinajstić information content (AvgIpc) is 2.92. The van der Waals surface area contributed by atoms with E-state index in [1.54, 1.807) is 23.1 Å². The summed E-state index contributed by atoms with van der Waals surface area (Å²) < 4.78 is 33.7. The van der Waals surface area contributed by atoms with Crippen molar-refractivity contribution in [1.29, 1.82) is 5.26 Å². The molecular weight excluding hydrogens is 314 g/mol. The molecule has 1 aromatic rings. The van der Waals surface area contributed by atoms with Crippen molar-refractivity contribution >= 4 is 10.0 Å². The number of benzene rings is 1. The lowest BCUT2D eigenvalue weighted by Gasteiger charge is -2.32. The minimum Gasteiger partial charge on any atom is -0.488 e. The van der Waals surface area contributed by atoms with Crippen LogP contribution in [0.25, 0.3) is 0 Å². The Hall–Kier alpha value is -1.78. The highest BCUT2D eigenvalue weighted by molar-refractivity contribution is 7.89. The van der Waals surface area contributed by atoms with Crippen LogP contribution in [0, 0.1) is 11.5 Å². The van der Waals surface area contributed by atoms with Gasteiger partial charge >= 0.3 is 0 Å². The first-order valence-corrected chi connectivity index (χ1v) is 9.26. The van der Waals surface area contributed by atoms with Gasteiger partial charge in [-0.2, -0.15) is 5.26 Å². The van der Waals surface area contributed by atoms with E-state index >= 15 is 0 Å². The molecule has 3 rings (SSSR count). The Labute approximate surface area is 137 Å². The number of fused-ring (bicyclic) bond motifs is 1. The van der Waals surface area contributed by atoms with E-state index in [9.17, 15) is 8.42 Å². The predicted molar refractivity (Wildman–Crippen MR) is 85.4 cm³/mol. The van der Waals surface area contributed by atoms with Crippen LogP contribution in [0.5, 0.6) is 5.75 Å². The molecule has 1 atom stereocenters. The number of aryl methyl sites for hydroxylation is 1. The molecular formula is C16H21N3O3S. The van der Waals surface area contributed by atoms with E-state index in [2.05, 4.69) is 4.72 Å². The first-order chi connectivity index (χ1) is 10.8. The summed E-state index contributed by atoms with van der Waals surface area (Å²) in [6.45, 7) is 5.08. The Morgan fingerprint density at radius 1 is 1.43 bits per heavy atom. The molecule has 124 valence electrons. The van der Waals surface area contributed by atoms with Crippen molar-refractivity contribution < 1.29 is 13.2 Å². The first-order valence-electron chi connectivity index (χ1n) is 7.78. The van der Waals surface area contributed by atoms with Crippen LogP contribution < -0.4 is 9.46 Å². The maximum absolute atomic E-state index is 12.5. The third kappa shape index (κ3) is 3.43. The quantitative estimate of drug-likeness (QED) is 0.849. The fourth-order valence-corrected chi connectivity index (χ4v) is 4.35. The molecule has 2 aliphatic heterocycles. The van der Waals surface area contributed by atoms with Gasteiger partial charge in [0.15, 0.2) is 6.19 Å². The topological polar surface area (TPSA) is 82.4 Å². The monoisotopic (exact) mass is 335 g/mol. The van der Waals surface area contributed by atoms with Crippen molar-refractivity contribution in [3.63, 3.8) is 0 Å². The Bertz CT molecular complexity index is 752. The number of hydrogen-bond acceptors (Lipinski definition) is 5. The Morgan fingerprint density at radius 2 is 2.22 bits per heavy atom. The number of ether oxygens (including phenoxy) is 1. The van der Waals surface area contributed by atoms with Crippen LogP contribution >= 0.6 is 0 Å². The number of likely N-dealkylation sites (tertiary alicyclic amines) is 1. The SMILES string of the molecule is CC1(C)CCc2cc(S(=O)(=O)NC3CCN(C#N)C3)ccc2O1. The van der Waals surface area contributed by atoms with Gasteiger partial charge in [-0.15, -0.1) is 0 Å². The summed E-state index contributed by atoms with van der Waals surface area (Å²) in [6.07, 6.45) is 4.36. The van der Waals surface area contributed by atoms with Gasteiger partial charge in [-0.25, -0.2) is 13.1 Å². The first kappa shape index (κ1) is 16.1. The molecule has 6 nitrogen and oxygen atoms in total. The second-order valence-electron chi connectivity index (χ2n) is 6.78. The summed E-state index contributed by atoms with van der Waals surface area (Å²) in [5.74, 6) is 0.761. The van der Waals surface area contributed by atoms with Crippen LogP contribution in [0.1, 0.15) is 32.3 Å². The van der Waals surface area contributed by atoms with Crippen molar-refractivity contribution in [2.24, 2.45) is 0 Å². The highest BCUT2D eigenvalue weighted by atomic mass is 32.2. The van der Waals surface area contributed by atoms with E-state index in [1.807, 2.05) is 20.0 Å². The van der Waals surface area contributed by atoms with E-state index in [-0.39, 0.29) is 16.5 Å². The third-order valence-electron chi connectivity index (χ3n) is 4.38. The second kappa shape index (κ2) is 5.69. The number of hydrogen-bond donors (Lipinski definition) is 1. The van der Waals surface area contributed by atoms with E-state index in [0.29, 0.717) is 19.5 Å². The Kier molecular flexibility index (Phi) is 3.98. The predicted octanol–water partition coefficient (Wildman–Crippen LogP) is 1.62. The number of rotatable bonds is 3. The van der Waals surface area contributed by atoms with Crippen LogP contribution in [-0.4, -0.2) is 38.1 Å². The van der Waals surface area contributed by atoms with Crippen LogP contribution in [0.4, 0.5) is 0 Å². The molecule has 0 aromatic heterocycles. The van der Waals surface area contributed by atoms with Crippen LogP contribution in [0.2, 0.25) is 0 Å². The van der Waals surface area contributed by atoms with Crippen molar-refractivity contribution in [2.45, 2.75) is 49.6 Å². The van der Waals surface area contributed by atoms with Crippen LogP contribution in [-0.2, 0) is 16.4 Å². The molecule has 0 bridgehead atoms. The standard InChI is InChI=1S/C16H21N3O3S/c1-16(2)7-5-12-9-14(3-4-15(12)22-16)23(20,21)18-13-6-8-19(10-13)11-17/h3-4,9,13,18H,5-8,10H2,1-2H3. The average molecular weight is 335 g/mol. The molecule has 0 radical (unpaired) electrons. The molecule has 1 aromatic carbocycles. The van der Waals surface area contributed by atoms with Gasteiger partial charge in [-0.1, -0.05) is 0 Å². The zero-order chi connectivity index (χ0) is 16.7. The molecule has 2 heterocycles. The van der Waals surface area contributed by atoms with Gasteiger partial charge in [0.1, 0.15) is 11.4 Å². The van der Waals surface area contributed by atoms with E-state index in [4.69, 9.17) is 10.00 Å². The fraction of sp³-hybridized carbons (Fsp3) is 0.562. The summed E-state index contributed by atoms with van der Waals surface area (Å²) in [7, 11) is -3.58. The van der Waals surface area contributed by atoms with Crippen molar-refractivity contribution in [1.82, 2.24) is 9.62 Å². The molecule has 2 aliphatic rings. The molecule has 0 aliphatic carbocycles. The van der Waals surface area contributed by atoms with Crippen molar-refractivity contribution in [3.8, 4) is 11.9 Å². The lowest BCUT2D eigenvalue weighted by atomic mass is 9.94. The second-order valence-corrected chi connectivity index (χ2v) is 8.50. The largest absolute Gasteiger partial charge is 0.488 e. The number of nitrogens with zero attached hydrogens (tertiary/aromatic N) is 2. The lowest BCUT2D eigenvalue weighted by molar-refractivity contribution is 0.0845. The molecule has 7 heteroatoms. The van der Waals surface area contributed by atoms with Gasteiger partial charge in [0.05, 0.1) is 4.90 Å². The van der Waals surface area contributed by atoms with Gasteiger partial charge < -0.3 is 9.64 Å². The van der Waals surface area contributed by atoms with E-state index < -0.39 is 10.0 Å². The molecule has 1 unspecified atom stereocenters. The number of nitrogens with one attached hydrogen (secondary N) is 1. The Morgan fingerprint density at radius 3 is 2.91 bits per heavy atom. The van der Waals surface area contributed by atoms with Gasteiger partial charge in [0.2, 0.25) is 10.0 Å². The van der Waals surface area contributed by atoms with Gasteiger partial charge in [-0.3, -0.25) is 0 Å². The summed E-state index contributed by atoms with van der Waals surface area (Å²) in [5.41, 5.74) is 0.716. The molecule has 1 saturated heterocycles. The summed E-state index contributed by atoms with van der Waals surface area (Å²) in [6, 6.07) is 4.80. The zero-order valence-electron chi connectivity index (χ0n) is 13.4. The fourth-order valence-electron chi connectivity index (χ4n) is 3.04. The normalized spacial score (nSPS) is 23.0. The maximum atomic E-state index is 12.5. The number of sulfonamides is 1. The maximum Gasteiger partial charge on any atom is 0.240 e.